The molecule has 196 valence electrons. The van der Waals surface area contributed by atoms with Gasteiger partial charge in [0.05, 0.1) is 12.5 Å². The van der Waals surface area contributed by atoms with Crippen molar-refractivity contribution in [1.29, 1.82) is 0 Å². The molecule has 1 N–H and O–H groups in total. The zero-order valence-corrected chi connectivity index (χ0v) is 20.6. The van der Waals surface area contributed by atoms with Gasteiger partial charge in [-0.15, -0.1) is 0 Å². The molecular formula is C28H29FO8. The summed E-state index contributed by atoms with van der Waals surface area (Å²) in [5.41, 5.74) is -2.66. The Balaban J connectivity index is 1.40. The fourth-order valence-corrected chi connectivity index (χ4v) is 8.24. The zero-order valence-electron chi connectivity index (χ0n) is 20.6. The van der Waals surface area contributed by atoms with Crippen molar-refractivity contribution in [3.05, 3.63) is 41.7 Å². The molecule has 8 nitrogen and oxygen atoms in total. The van der Waals surface area contributed by atoms with Crippen LogP contribution < -0.4 is 0 Å². The lowest BCUT2D eigenvalue weighted by Gasteiger charge is -2.62. The highest BCUT2D eigenvalue weighted by molar-refractivity contribution is 6.46. The molecule has 2 spiro atoms. The first kappa shape index (κ1) is 24.4. The van der Waals surface area contributed by atoms with Gasteiger partial charge in [0.2, 0.25) is 11.6 Å². The Morgan fingerprint density at radius 3 is 2.59 bits per heavy atom. The minimum absolute atomic E-state index is 0.0872. The molecule has 2 heterocycles. The summed E-state index contributed by atoms with van der Waals surface area (Å²) in [6.07, 6.45) is 1.50. The topological polar surface area (TPSA) is 116 Å². The smallest absolute Gasteiger partial charge is 0.331 e. The molecule has 0 amide bonds. The molecule has 0 unspecified atom stereocenters. The van der Waals surface area contributed by atoms with Crippen LogP contribution in [0.5, 0.6) is 0 Å². The predicted octanol–water partition coefficient (Wildman–Crippen LogP) is 2.61. The van der Waals surface area contributed by atoms with Crippen molar-refractivity contribution in [3.8, 4) is 0 Å². The van der Waals surface area contributed by atoms with Crippen molar-refractivity contribution in [2.75, 3.05) is 6.61 Å². The van der Waals surface area contributed by atoms with Crippen LogP contribution in [0.3, 0.4) is 0 Å². The Hall–Kier alpha value is -2.91. The number of ketones is 2. The van der Waals surface area contributed by atoms with Crippen molar-refractivity contribution in [2.45, 2.75) is 58.0 Å². The molecule has 0 aromatic heterocycles. The van der Waals surface area contributed by atoms with Crippen molar-refractivity contribution in [2.24, 2.45) is 34.0 Å². The van der Waals surface area contributed by atoms with Gasteiger partial charge in [0.15, 0.2) is 11.7 Å². The molecule has 5 aliphatic rings. The molecule has 3 saturated carbocycles. The molecular weight excluding hydrogens is 483 g/mol. The van der Waals surface area contributed by atoms with Gasteiger partial charge in [-0.2, -0.15) is 0 Å². The molecule has 37 heavy (non-hydrogen) atoms. The van der Waals surface area contributed by atoms with E-state index in [-0.39, 0.29) is 18.4 Å². The molecule has 9 heteroatoms. The van der Waals surface area contributed by atoms with Crippen LogP contribution in [0.15, 0.2) is 30.3 Å². The van der Waals surface area contributed by atoms with Crippen LogP contribution in [0.25, 0.3) is 6.08 Å². The van der Waals surface area contributed by atoms with Crippen LogP contribution in [-0.4, -0.2) is 53.7 Å². The van der Waals surface area contributed by atoms with Crippen LogP contribution >= 0.6 is 0 Å². The molecule has 2 aliphatic heterocycles. The van der Waals surface area contributed by atoms with Gasteiger partial charge < -0.3 is 19.3 Å². The number of ether oxygens (including phenoxy) is 3. The second kappa shape index (κ2) is 8.04. The van der Waals surface area contributed by atoms with E-state index in [4.69, 9.17) is 14.2 Å². The molecule has 3 aliphatic carbocycles. The number of halogens is 1. The number of aliphatic hydroxyl groups is 1. The van der Waals surface area contributed by atoms with Crippen LogP contribution in [0, 0.1) is 39.8 Å². The summed E-state index contributed by atoms with van der Waals surface area (Å²) >= 11 is 0. The van der Waals surface area contributed by atoms with Gasteiger partial charge in [-0.25, -0.2) is 9.18 Å². The average Bonchev–Trinajstić information content (AvgIpc) is 3.27. The maximum Gasteiger partial charge on any atom is 0.331 e. The normalized spacial score (nSPS) is 41.7. The van der Waals surface area contributed by atoms with Crippen LogP contribution in [0.1, 0.15) is 45.1 Å². The van der Waals surface area contributed by atoms with E-state index in [9.17, 15) is 28.7 Å². The highest BCUT2D eigenvalue weighted by Gasteiger charge is 2.82. The highest BCUT2D eigenvalue weighted by Crippen LogP contribution is 2.70. The lowest BCUT2D eigenvalue weighted by Crippen LogP contribution is -2.71. The number of esters is 2. The molecule has 2 bridgehead atoms. The molecule has 8 atom stereocenters. The van der Waals surface area contributed by atoms with Gasteiger partial charge >= 0.3 is 11.9 Å². The fraction of sp³-hybridized carbons (Fsp3) is 0.571. The van der Waals surface area contributed by atoms with E-state index >= 15 is 0 Å². The Kier molecular flexibility index (Phi) is 5.31. The summed E-state index contributed by atoms with van der Waals surface area (Å²) in [7, 11) is 0. The summed E-state index contributed by atoms with van der Waals surface area (Å²) in [6.45, 7) is 4.15. The minimum Gasteiger partial charge on any atom is -0.461 e. The van der Waals surface area contributed by atoms with Crippen LogP contribution in [0.4, 0.5) is 4.39 Å². The second-order valence-electron chi connectivity index (χ2n) is 11.8. The quantitative estimate of drug-likeness (QED) is 0.284. The van der Waals surface area contributed by atoms with Gasteiger partial charge in [-0.1, -0.05) is 26.0 Å². The van der Waals surface area contributed by atoms with Gasteiger partial charge in [-0.05, 0) is 60.8 Å². The molecule has 0 radical (unpaired) electrons. The number of carbonyl (C=O) groups is 4. The maximum atomic E-state index is 13.7. The monoisotopic (exact) mass is 512 g/mol. The Labute approximate surface area is 213 Å². The van der Waals surface area contributed by atoms with E-state index < -0.39 is 76.4 Å². The number of aliphatic hydroxyl groups excluding tert-OH is 1. The highest BCUT2D eigenvalue weighted by atomic mass is 19.1. The molecule has 1 aromatic carbocycles. The van der Waals surface area contributed by atoms with E-state index in [1.54, 1.807) is 0 Å². The predicted molar refractivity (Wildman–Crippen MR) is 125 cm³/mol. The van der Waals surface area contributed by atoms with Gasteiger partial charge in [0, 0.05) is 17.4 Å². The summed E-state index contributed by atoms with van der Waals surface area (Å²) < 4.78 is 30.7. The number of rotatable bonds is 3. The summed E-state index contributed by atoms with van der Waals surface area (Å²) in [4.78, 5) is 53.4. The molecule has 5 fully saturated rings. The van der Waals surface area contributed by atoms with E-state index in [2.05, 4.69) is 0 Å². The third-order valence-corrected chi connectivity index (χ3v) is 9.69. The number of carbonyl (C=O) groups excluding carboxylic acids is 4. The second-order valence-corrected chi connectivity index (χ2v) is 11.8. The number of benzene rings is 1. The lowest BCUT2D eigenvalue weighted by molar-refractivity contribution is -0.251. The van der Waals surface area contributed by atoms with Crippen molar-refractivity contribution >= 4 is 29.6 Å². The van der Waals surface area contributed by atoms with E-state index in [0.717, 1.165) is 6.08 Å². The number of hydrogen-bond donors (Lipinski definition) is 1. The summed E-state index contributed by atoms with van der Waals surface area (Å²) in [5.74, 6) is -5.70. The summed E-state index contributed by atoms with van der Waals surface area (Å²) in [5, 5.41) is 10.9. The first-order chi connectivity index (χ1) is 17.5. The maximum absolute atomic E-state index is 13.7. The third kappa shape index (κ3) is 3.13. The first-order valence-corrected chi connectivity index (χ1v) is 12.8. The van der Waals surface area contributed by atoms with Crippen molar-refractivity contribution in [3.63, 3.8) is 0 Å². The Bertz CT molecular complexity index is 1220. The van der Waals surface area contributed by atoms with Crippen molar-refractivity contribution in [1.82, 2.24) is 0 Å². The van der Waals surface area contributed by atoms with Crippen LogP contribution in [-0.2, 0) is 33.4 Å². The minimum atomic E-state index is -1.96. The van der Waals surface area contributed by atoms with Gasteiger partial charge in [-0.3, -0.25) is 14.4 Å². The van der Waals surface area contributed by atoms with E-state index in [0.29, 0.717) is 24.8 Å². The Morgan fingerprint density at radius 2 is 1.86 bits per heavy atom. The Morgan fingerprint density at radius 1 is 1.14 bits per heavy atom. The first-order valence-electron chi connectivity index (χ1n) is 12.8. The van der Waals surface area contributed by atoms with E-state index in [1.807, 2.05) is 13.8 Å². The molecule has 2 saturated heterocycles. The third-order valence-electron chi connectivity index (χ3n) is 9.69. The molecule has 1 aromatic rings. The molecule has 6 rings (SSSR count). The fourth-order valence-electron chi connectivity index (χ4n) is 8.24. The number of Topliss-reactive ketones (excluding diaryl/α,β-unsaturated/α-hetero) is 2. The summed E-state index contributed by atoms with van der Waals surface area (Å²) in [6, 6.07) is 5.47. The van der Waals surface area contributed by atoms with Crippen LogP contribution in [0.2, 0.25) is 0 Å². The number of fused-ring (bicyclic) bond motifs is 1. The van der Waals surface area contributed by atoms with Crippen molar-refractivity contribution < 1.29 is 42.9 Å². The largest absolute Gasteiger partial charge is 0.461 e. The zero-order chi connectivity index (χ0) is 26.3. The van der Waals surface area contributed by atoms with Gasteiger partial charge in [0.25, 0.3) is 0 Å². The SMILES string of the molecule is CC1(C)CC[C@@H]2OC(=O)[C@]34C(=O)C(=O)[C@H](CC[C@H]3[C@]23CO[C@@H](O)[C@H]13)[C@H]4OC(=O)/C=C/c1ccc(F)cc1. The average molecular weight is 513 g/mol. The lowest BCUT2D eigenvalue weighted by atomic mass is 9.43. The number of hydrogen-bond acceptors (Lipinski definition) is 8. The standard InChI is InChI=1S/C28H29FO8/c1-26(2)12-11-18-27(13-35-24(33)21(26)27)17-9-8-16-20(31)22(32)28(17,25(34)36-18)23(16)37-19(30)10-5-14-3-6-15(29)7-4-14/h3-7,10,16-18,21,23-24,33H,8-9,11-13H2,1-2H3/b10-5+/t16-,17-,18-,21+,23+,24+,27+,28-/m0/s1. The van der Waals surface area contributed by atoms with E-state index in [1.165, 1.54) is 30.3 Å². The van der Waals surface area contributed by atoms with Gasteiger partial charge in [0.1, 0.15) is 18.0 Å².